The zero-order valence-corrected chi connectivity index (χ0v) is 21.5. The Morgan fingerprint density at radius 3 is 2.55 bits per heavy atom. The summed E-state index contributed by atoms with van der Waals surface area (Å²) in [7, 11) is -2.88. The van der Waals surface area contributed by atoms with Gasteiger partial charge in [-0.05, 0) is 42.8 Å². The van der Waals surface area contributed by atoms with Gasteiger partial charge in [-0.1, -0.05) is 36.4 Å². The number of sulfonamides is 1. The minimum absolute atomic E-state index is 0.0275. The van der Waals surface area contributed by atoms with E-state index in [1.54, 1.807) is 48.5 Å². The van der Waals surface area contributed by atoms with Crippen LogP contribution in [0.15, 0.2) is 83.1 Å². The third-order valence-electron chi connectivity index (χ3n) is 6.45. The van der Waals surface area contributed by atoms with Crippen LogP contribution in [0.3, 0.4) is 0 Å². The van der Waals surface area contributed by atoms with Crippen LogP contribution in [-0.2, 0) is 21.3 Å². The molecule has 194 valence electrons. The Labute approximate surface area is 220 Å². The monoisotopic (exact) mass is 533 g/mol. The molecule has 0 unspecified atom stereocenters. The lowest BCUT2D eigenvalue weighted by molar-refractivity contribution is 0.310. The van der Waals surface area contributed by atoms with Gasteiger partial charge in [-0.15, -0.1) is 0 Å². The standard InChI is InChI=1S/C28H24FN3O5S/c1-3-36-23-13-12-17(14-24(23)35-2)25-20(15-30)28(31)37-26-19-9-5-7-11-22(19)32(38(33,34)27(25)26)16-18-8-4-6-10-21(18)29/h4-14,25H,3,16,31H2,1-2H3/t25-/m1/s1. The smallest absolute Gasteiger partial charge is 0.265 e. The van der Waals surface area contributed by atoms with Crippen molar-refractivity contribution in [3.8, 4) is 17.6 Å². The van der Waals surface area contributed by atoms with E-state index in [4.69, 9.17) is 19.9 Å². The SMILES string of the molecule is CCOc1ccc([C@@H]2C(C#N)=C(N)OC3=C2S(=O)(=O)N(Cc2ccccc2F)c2ccccc23)cc1OC. The average molecular weight is 534 g/mol. The number of allylic oxidation sites excluding steroid dienone is 2. The molecule has 0 amide bonds. The largest absolute Gasteiger partial charge is 0.493 e. The van der Waals surface area contributed by atoms with Crippen molar-refractivity contribution in [2.75, 3.05) is 18.0 Å². The number of nitrogens with zero attached hydrogens (tertiary/aromatic N) is 2. The first-order chi connectivity index (χ1) is 18.3. The molecule has 3 aromatic rings. The molecule has 0 bridgehead atoms. The van der Waals surface area contributed by atoms with Gasteiger partial charge in [0.1, 0.15) is 22.4 Å². The molecule has 0 aliphatic carbocycles. The van der Waals surface area contributed by atoms with E-state index in [0.29, 0.717) is 34.9 Å². The fourth-order valence-corrected chi connectivity index (χ4v) is 6.63. The summed E-state index contributed by atoms with van der Waals surface area (Å²) in [6, 6.07) is 19.7. The number of hydrogen-bond acceptors (Lipinski definition) is 7. The predicted molar refractivity (Wildman–Crippen MR) is 140 cm³/mol. The van der Waals surface area contributed by atoms with Crippen molar-refractivity contribution >= 4 is 21.5 Å². The summed E-state index contributed by atoms with van der Waals surface area (Å²) in [5, 5.41) is 10.0. The zero-order valence-electron chi connectivity index (χ0n) is 20.6. The second-order valence-corrected chi connectivity index (χ2v) is 10.4. The summed E-state index contributed by atoms with van der Waals surface area (Å²) in [5.41, 5.74) is 7.52. The Kier molecular flexibility index (Phi) is 6.46. The van der Waals surface area contributed by atoms with E-state index < -0.39 is 21.8 Å². The van der Waals surface area contributed by atoms with Crippen LogP contribution in [0, 0.1) is 17.1 Å². The van der Waals surface area contributed by atoms with Gasteiger partial charge in [0.25, 0.3) is 10.0 Å². The van der Waals surface area contributed by atoms with Gasteiger partial charge in [0.15, 0.2) is 17.3 Å². The van der Waals surface area contributed by atoms with Gasteiger partial charge in [0, 0.05) is 11.1 Å². The molecule has 0 spiro atoms. The first kappa shape index (κ1) is 25.2. The minimum Gasteiger partial charge on any atom is -0.493 e. The van der Waals surface area contributed by atoms with Gasteiger partial charge in [-0.3, -0.25) is 4.31 Å². The third-order valence-corrected chi connectivity index (χ3v) is 8.33. The second kappa shape index (κ2) is 9.76. The van der Waals surface area contributed by atoms with Crippen LogP contribution in [0.1, 0.15) is 29.5 Å². The van der Waals surface area contributed by atoms with Crippen molar-refractivity contribution < 1.29 is 27.0 Å². The van der Waals surface area contributed by atoms with Gasteiger partial charge < -0.3 is 19.9 Å². The second-order valence-electron chi connectivity index (χ2n) is 8.58. The van der Waals surface area contributed by atoms with Crippen LogP contribution in [0.2, 0.25) is 0 Å². The molecule has 0 saturated carbocycles. The number of para-hydroxylation sites is 1. The van der Waals surface area contributed by atoms with Crippen molar-refractivity contribution in [2.24, 2.45) is 5.73 Å². The maximum atomic E-state index is 14.6. The van der Waals surface area contributed by atoms with E-state index in [9.17, 15) is 18.1 Å². The highest BCUT2D eigenvalue weighted by Crippen LogP contribution is 2.52. The maximum Gasteiger partial charge on any atom is 0.265 e. The molecule has 2 heterocycles. The van der Waals surface area contributed by atoms with E-state index in [2.05, 4.69) is 0 Å². The third kappa shape index (κ3) is 4.01. The molecule has 0 radical (unpaired) electrons. The van der Waals surface area contributed by atoms with Crippen LogP contribution >= 0.6 is 0 Å². The molecule has 38 heavy (non-hydrogen) atoms. The van der Waals surface area contributed by atoms with Crippen molar-refractivity contribution in [2.45, 2.75) is 19.4 Å². The molecule has 0 saturated heterocycles. The number of halogens is 1. The molecular weight excluding hydrogens is 509 g/mol. The van der Waals surface area contributed by atoms with E-state index >= 15 is 0 Å². The minimum atomic E-state index is -4.35. The van der Waals surface area contributed by atoms with Crippen molar-refractivity contribution in [3.63, 3.8) is 0 Å². The van der Waals surface area contributed by atoms with Gasteiger partial charge >= 0.3 is 0 Å². The molecule has 1 atom stereocenters. The fourth-order valence-electron chi connectivity index (χ4n) is 4.73. The highest BCUT2D eigenvalue weighted by Gasteiger charge is 2.47. The zero-order chi connectivity index (χ0) is 27.0. The van der Waals surface area contributed by atoms with Crippen molar-refractivity contribution in [1.82, 2.24) is 0 Å². The van der Waals surface area contributed by atoms with E-state index in [1.807, 2.05) is 13.0 Å². The molecule has 2 N–H and O–H groups in total. The summed E-state index contributed by atoms with van der Waals surface area (Å²) in [5.74, 6) is -0.972. The Morgan fingerprint density at radius 2 is 1.84 bits per heavy atom. The fraction of sp³-hybridized carbons (Fsp3) is 0.179. The van der Waals surface area contributed by atoms with Crippen LogP contribution in [0.4, 0.5) is 10.1 Å². The lowest BCUT2D eigenvalue weighted by atomic mass is 9.88. The number of nitriles is 1. The topological polar surface area (TPSA) is 115 Å². The molecule has 10 heteroatoms. The van der Waals surface area contributed by atoms with Crippen molar-refractivity contribution in [1.29, 1.82) is 5.26 Å². The summed E-state index contributed by atoms with van der Waals surface area (Å²) in [6.07, 6.45) is 0. The van der Waals surface area contributed by atoms with Crippen LogP contribution in [-0.4, -0.2) is 22.1 Å². The average Bonchev–Trinajstić information content (AvgIpc) is 2.91. The predicted octanol–water partition coefficient (Wildman–Crippen LogP) is 4.76. The molecule has 2 aliphatic rings. The Hall–Kier alpha value is -4.49. The molecule has 3 aromatic carbocycles. The van der Waals surface area contributed by atoms with Gasteiger partial charge in [0.05, 0.1) is 31.9 Å². The lowest BCUT2D eigenvalue weighted by Crippen LogP contribution is -2.39. The number of fused-ring (bicyclic) bond motifs is 2. The lowest BCUT2D eigenvalue weighted by Gasteiger charge is -2.38. The Balaban J connectivity index is 1.75. The molecular formula is C28H24FN3O5S. The van der Waals surface area contributed by atoms with E-state index in [0.717, 1.165) is 4.31 Å². The number of methoxy groups -OCH3 is 1. The van der Waals surface area contributed by atoms with Gasteiger partial charge in [-0.25, -0.2) is 12.8 Å². The van der Waals surface area contributed by atoms with Crippen molar-refractivity contribution in [3.05, 3.63) is 106 Å². The highest BCUT2D eigenvalue weighted by atomic mass is 32.2. The molecule has 2 aliphatic heterocycles. The summed E-state index contributed by atoms with van der Waals surface area (Å²) in [6.45, 7) is 1.97. The van der Waals surface area contributed by atoms with Crippen LogP contribution < -0.4 is 19.5 Å². The summed E-state index contributed by atoms with van der Waals surface area (Å²) in [4.78, 5) is -0.162. The van der Waals surface area contributed by atoms with E-state index in [-0.39, 0.29) is 34.2 Å². The van der Waals surface area contributed by atoms with E-state index in [1.165, 1.54) is 25.3 Å². The number of benzene rings is 3. The number of ether oxygens (including phenoxy) is 3. The quantitative estimate of drug-likeness (QED) is 0.486. The Morgan fingerprint density at radius 1 is 1.11 bits per heavy atom. The maximum absolute atomic E-state index is 14.6. The summed E-state index contributed by atoms with van der Waals surface area (Å²) < 4.78 is 61.4. The first-order valence-electron chi connectivity index (χ1n) is 11.8. The first-order valence-corrected chi connectivity index (χ1v) is 13.2. The van der Waals surface area contributed by atoms with Gasteiger partial charge in [-0.2, -0.15) is 5.26 Å². The molecule has 0 aromatic heterocycles. The molecule has 8 nitrogen and oxygen atoms in total. The number of rotatable bonds is 6. The van der Waals surface area contributed by atoms with Gasteiger partial charge in [0.2, 0.25) is 5.88 Å². The Bertz CT molecular complexity index is 1640. The van der Waals surface area contributed by atoms with Crippen LogP contribution in [0.25, 0.3) is 5.76 Å². The van der Waals surface area contributed by atoms with Crippen LogP contribution in [0.5, 0.6) is 11.5 Å². The number of anilines is 1. The highest BCUT2D eigenvalue weighted by molar-refractivity contribution is 7.96. The summed E-state index contributed by atoms with van der Waals surface area (Å²) >= 11 is 0. The normalized spacial score (nSPS) is 17.7. The number of hydrogen-bond donors (Lipinski definition) is 1. The molecule has 5 rings (SSSR count). The number of nitrogens with two attached hydrogens (primary N) is 1. The molecule has 0 fully saturated rings.